The predicted molar refractivity (Wildman–Crippen MR) is 344 cm³/mol. The Hall–Kier alpha value is -1.25. The number of hydrogen-bond acceptors (Lipinski definition) is 11. The molecule has 0 bridgehead atoms. The van der Waals surface area contributed by atoms with Gasteiger partial charge in [0, 0.05) is 11.1 Å². The standard InChI is InChI=1S/C61H117NO11Si6/c1-40(35-36-63)46-53(74(21,22)56(3,4)5)52(73-79(31,32)61(18,19)20)55(68-46)67-43-34-33-42(38-44(43)69-75(23,24)57(6,7)8)37-41(2)54(64)62-45-47(70-76(25,26)58(9,10)11)49-50(66-39-65-49)51(72-78(29,30)60(15,16)17)48(45)71-77(27,28)59(12,13)14/h33-35,37-38,45-53,55,63H,36,39H2,1-32H3,(H,62,64)/b40-35+,41-37+/t45-,46+,47+,48-,49-,50-,51+,52-,53+,55+/m0/s1. The molecule has 0 radical (unpaired) electrons. The molecule has 3 aliphatic rings. The molecule has 2 saturated heterocycles. The molecule has 1 aliphatic carbocycles. The van der Waals surface area contributed by atoms with Gasteiger partial charge < -0.3 is 51.5 Å². The number of aliphatic hydroxyl groups excluding tert-OH is 1. The fraction of sp³-hybridized carbons (Fsp3) is 0.820. The largest absolute Gasteiger partial charge is 0.541 e. The molecular formula is C61H117NO11Si6. The van der Waals surface area contributed by atoms with Crippen LogP contribution in [0.5, 0.6) is 11.5 Å². The fourth-order valence-corrected chi connectivity index (χ4v) is 18.6. The van der Waals surface area contributed by atoms with Crippen LogP contribution in [0.4, 0.5) is 0 Å². The van der Waals surface area contributed by atoms with Crippen molar-refractivity contribution in [2.75, 3.05) is 13.4 Å². The first kappa shape index (κ1) is 70.2. The molecule has 2 heterocycles. The lowest BCUT2D eigenvalue weighted by Gasteiger charge is -2.55. The average Bonchev–Trinajstić information content (AvgIpc) is 3.87. The second-order valence-electron chi connectivity index (χ2n) is 32.8. The molecule has 18 heteroatoms. The summed E-state index contributed by atoms with van der Waals surface area (Å²) in [5.74, 6) is 0.898. The SMILES string of the molecule is C/C(=C\c1ccc(O[C@@H]2O[C@H](/C(C)=C/CO)[C@@H]([Si](C)(C)C(C)(C)C)[C@@H]2O[Si](C)(C)C(C)(C)C)c(O[Si](C)(C)C(C)(C)C)c1)C(=O)N[C@H]1[C@@H](O[Si](C)(C)C(C)(C)C)[C@@H]2OCO[C@@H]2[C@H](O[Si](C)(C)C(C)(C)C)[C@H]1O[Si](C)(C)C(C)(C)C. The predicted octanol–water partition coefficient (Wildman–Crippen LogP) is 16.2. The number of amides is 1. The second kappa shape index (κ2) is 23.9. The number of aliphatic hydroxyl groups is 1. The van der Waals surface area contributed by atoms with E-state index in [-0.39, 0.29) is 61.2 Å². The van der Waals surface area contributed by atoms with Crippen molar-refractivity contribution in [2.24, 2.45) is 0 Å². The minimum Gasteiger partial charge on any atom is -0.541 e. The van der Waals surface area contributed by atoms with E-state index in [1.165, 1.54) is 0 Å². The van der Waals surface area contributed by atoms with Crippen LogP contribution in [-0.2, 0) is 36.7 Å². The summed E-state index contributed by atoms with van der Waals surface area (Å²) >= 11 is 0. The van der Waals surface area contributed by atoms with Crippen molar-refractivity contribution in [2.45, 2.75) is 308 Å². The Morgan fingerprint density at radius 2 is 1.00 bits per heavy atom. The van der Waals surface area contributed by atoms with Crippen LogP contribution in [0.25, 0.3) is 6.08 Å². The zero-order valence-electron chi connectivity index (χ0n) is 56.1. The summed E-state index contributed by atoms with van der Waals surface area (Å²) in [5.41, 5.74) is 2.28. The van der Waals surface area contributed by atoms with Crippen LogP contribution in [0.3, 0.4) is 0 Å². The molecule has 0 aromatic heterocycles. The molecule has 79 heavy (non-hydrogen) atoms. The fourth-order valence-electron chi connectivity index (χ4n) is 9.12. The zero-order valence-corrected chi connectivity index (χ0v) is 62.1. The van der Waals surface area contributed by atoms with Crippen molar-refractivity contribution in [3.8, 4) is 11.5 Å². The lowest BCUT2D eigenvalue weighted by atomic mass is 9.83. The number of hydrogen-bond donors (Lipinski definition) is 2. The third-order valence-corrected chi connectivity index (χ3v) is 49.2. The molecular weight excluding hydrogens is 1090 g/mol. The number of fused-ring (bicyclic) bond motifs is 1. The smallest absolute Gasteiger partial charge is 0.250 e. The molecule has 1 aromatic carbocycles. The van der Waals surface area contributed by atoms with Gasteiger partial charge in [0.15, 0.2) is 39.0 Å². The van der Waals surface area contributed by atoms with Gasteiger partial charge in [-0.05, 0) is 139 Å². The van der Waals surface area contributed by atoms with Gasteiger partial charge in [0.2, 0.25) is 12.2 Å². The van der Waals surface area contributed by atoms with Crippen molar-refractivity contribution in [1.29, 1.82) is 0 Å². The van der Waals surface area contributed by atoms with Gasteiger partial charge in [-0.1, -0.05) is 150 Å². The van der Waals surface area contributed by atoms with Crippen LogP contribution in [0.1, 0.15) is 144 Å². The van der Waals surface area contributed by atoms with E-state index in [1.807, 2.05) is 37.3 Å². The Morgan fingerprint density at radius 3 is 1.43 bits per heavy atom. The molecule has 10 atom stereocenters. The maximum absolute atomic E-state index is 15.3. The molecule has 3 fully saturated rings. The van der Waals surface area contributed by atoms with E-state index in [2.05, 4.69) is 215 Å². The summed E-state index contributed by atoms with van der Waals surface area (Å²) in [6.45, 7) is 72.2. The first-order valence-corrected chi connectivity index (χ1v) is 47.1. The minimum absolute atomic E-state index is 0.00683. The molecule has 1 saturated carbocycles. The summed E-state index contributed by atoms with van der Waals surface area (Å²) in [5, 5.41) is 13.2. The van der Waals surface area contributed by atoms with Crippen molar-refractivity contribution < 1.29 is 51.0 Å². The number of carbonyl (C=O) groups is 1. The van der Waals surface area contributed by atoms with E-state index in [0.717, 1.165) is 11.1 Å². The topological polar surface area (TPSA) is 132 Å². The molecule has 0 unspecified atom stereocenters. The minimum atomic E-state index is -2.54. The normalized spacial score (nSPS) is 27.1. The Balaban J connectivity index is 1.94. The van der Waals surface area contributed by atoms with Gasteiger partial charge >= 0.3 is 0 Å². The van der Waals surface area contributed by atoms with Crippen molar-refractivity contribution in [3.05, 3.63) is 41.0 Å². The van der Waals surface area contributed by atoms with Crippen molar-refractivity contribution in [3.63, 3.8) is 0 Å². The molecule has 2 aliphatic heterocycles. The first-order chi connectivity index (χ1) is 35.2. The van der Waals surface area contributed by atoms with Crippen LogP contribution in [0.2, 0.25) is 114 Å². The maximum Gasteiger partial charge on any atom is 0.250 e. The molecule has 0 spiro atoms. The van der Waals surface area contributed by atoms with Gasteiger partial charge in [-0.15, -0.1) is 0 Å². The summed E-state index contributed by atoms with van der Waals surface area (Å²) in [6, 6.07) is 5.32. The molecule has 1 amide bonds. The second-order valence-corrected chi connectivity index (χ2v) is 62.2. The lowest BCUT2D eigenvalue weighted by molar-refractivity contribution is -0.144. The number of ether oxygens (including phenoxy) is 4. The van der Waals surface area contributed by atoms with Gasteiger partial charge in [0.1, 0.15) is 37.0 Å². The van der Waals surface area contributed by atoms with Crippen LogP contribution in [0.15, 0.2) is 35.4 Å². The van der Waals surface area contributed by atoms with Crippen molar-refractivity contribution in [1.82, 2.24) is 5.32 Å². The summed E-state index contributed by atoms with van der Waals surface area (Å²) in [6.07, 6.45) is -0.368. The average molecular weight is 1210 g/mol. The highest BCUT2D eigenvalue weighted by molar-refractivity contribution is 6.82. The highest BCUT2D eigenvalue weighted by Crippen LogP contribution is 2.56. The third-order valence-electron chi connectivity index (χ3n) is 20.8. The number of benzene rings is 1. The van der Waals surface area contributed by atoms with Gasteiger partial charge in [-0.3, -0.25) is 4.79 Å². The molecule has 2 N–H and O–H groups in total. The van der Waals surface area contributed by atoms with Crippen molar-refractivity contribution >= 4 is 61.6 Å². The third kappa shape index (κ3) is 15.6. The van der Waals surface area contributed by atoms with Gasteiger partial charge in [-0.2, -0.15) is 0 Å². The Morgan fingerprint density at radius 1 is 0.582 bits per heavy atom. The van der Waals surface area contributed by atoms with Crippen LogP contribution in [0, 0.1) is 0 Å². The van der Waals surface area contributed by atoms with E-state index in [4.69, 9.17) is 41.1 Å². The van der Waals surface area contributed by atoms with Gasteiger partial charge in [-0.25, -0.2) is 0 Å². The Bertz CT molecular complexity index is 2320. The number of nitrogens with one attached hydrogen (secondary N) is 1. The van der Waals surface area contributed by atoms with Gasteiger partial charge in [0.25, 0.3) is 8.32 Å². The molecule has 1 aromatic rings. The lowest BCUT2D eigenvalue weighted by Crippen LogP contribution is -2.73. The van der Waals surface area contributed by atoms with E-state index < -0.39 is 98.6 Å². The van der Waals surface area contributed by atoms with E-state index in [1.54, 1.807) is 0 Å². The van der Waals surface area contributed by atoms with Gasteiger partial charge in [0.05, 0.1) is 39.0 Å². The Kier molecular flexibility index (Phi) is 21.2. The van der Waals surface area contributed by atoms with Crippen LogP contribution in [-0.4, -0.2) is 129 Å². The summed E-state index contributed by atoms with van der Waals surface area (Å²) in [7, 11) is -14.7. The molecule has 4 rings (SSSR count). The summed E-state index contributed by atoms with van der Waals surface area (Å²) in [4.78, 5) is 15.3. The highest BCUT2D eigenvalue weighted by atomic mass is 28.4. The monoisotopic (exact) mass is 1210 g/mol. The molecule has 456 valence electrons. The highest BCUT2D eigenvalue weighted by Gasteiger charge is 2.63. The Labute approximate surface area is 489 Å². The van der Waals surface area contributed by atoms with E-state index in [9.17, 15) is 5.11 Å². The van der Waals surface area contributed by atoms with E-state index in [0.29, 0.717) is 17.1 Å². The maximum atomic E-state index is 15.3. The van der Waals surface area contributed by atoms with Crippen LogP contribution >= 0.6 is 0 Å². The molecule has 12 nitrogen and oxygen atoms in total. The number of rotatable bonds is 18. The van der Waals surface area contributed by atoms with Crippen LogP contribution < -0.4 is 14.5 Å². The van der Waals surface area contributed by atoms with E-state index >= 15 is 4.79 Å². The summed E-state index contributed by atoms with van der Waals surface area (Å²) < 4.78 is 64.9. The number of carbonyl (C=O) groups excluding carboxylic acids is 1. The first-order valence-electron chi connectivity index (χ1n) is 29.5. The zero-order chi connectivity index (χ0) is 61.3. The quantitative estimate of drug-likeness (QED) is 0.0827.